The molecule has 0 aliphatic heterocycles. The molecule has 0 saturated heterocycles. The first-order chi connectivity index (χ1) is 11.7. The number of esters is 1. The van der Waals surface area contributed by atoms with Crippen molar-refractivity contribution in [1.82, 2.24) is 0 Å². The Morgan fingerprint density at radius 1 is 1.00 bits per heavy atom. The second-order valence-electron chi connectivity index (χ2n) is 7.49. The molecule has 1 aliphatic rings. The van der Waals surface area contributed by atoms with Crippen molar-refractivity contribution in [3.63, 3.8) is 0 Å². The molecule has 1 saturated carbocycles. The minimum absolute atomic E-state index is 0.239. The van der Waals surface area contributed by atoms with Crippen molar-refractivity contribution in [2.75, 3.05) is 7.11 Å². The van der Waals surface area contributed by atoms with Gasteiger partial charge in [-0.3, -0.25) is 4.79 Å². The molecule has 0 amide bonds. The van der Waals surface area contributed by atoms with Gasteiger partial charge in [-0.15, -0.1) is 0 Å². The highest BCUT2D eigenvalue weighted by Gasteiger charge is 2.76. The largest absolute Gasteiger partial charge is 0.468 e. The zero-order valence-corrected chi connectivity index (χ0v) is 17.6. The Morgan fingerprint density at radius 3 is 2.12 bits per heavy atom. The zero-order chi connectivity index (χ0) is 18.3. The van der Waals surface area contributed by atoms with Crippen LogP contribution in [0, 0.1) is 0 Å². The summed E-state index contributed by atoms with van der Waals surface area (Å²) in [6.45, 7) is 6.46. The summed E-state index contributed by atoms with van der Waals surface area (Å²) in [5.74, 6) is -0.239. The fraction of sp³-hybridized carbons (Fsp3) is 0.350. The van der Waals surface area contributed by atoms with E-state index in [-0.39, 0.29) is 5.97 Å². The van der Waals surface area contributed by atoms with Gasteiger partial charge in [-0.25, -0.2) is 0 Å². The Labute approximate surface area is 158 Å². The van der Waals surface area contributed by atoms with Crippen LogP contribution in [-0.4, -0.2) is 21.4 Å². The first-order valence-electron chi connectivity index (χ1n) is 8.35. The van der Waals surface area contributed by atoms with Crippen LogP contribution >= 0.6 is 15.9 Å². The summed E-state index contributed by atoms with van der Waals surface area (Å²) in [5, 5.41) is 0. The molecule has 0 radical (unpaired) electrons. The van der Waals surface area contributed by atoms with Gasteiger partial charge in [0.2, 0.25) is 0 Å². The predicted molar refractivity (Wildman–Crippen MR) is 105 cm³/mol. The van der Waals surface area contributed by atoms with Gasteiger partial charge < -0.3 is 9.16 Å². The lowest BCUT2D eigenvalue weighted by Gasteiger charge is -2.31. The second-order valence-corrected chi connectivity index (χ2v) is 12.8. The van der Waals surface area contributed by atoms with Crippen LogP contribution in [0.5, 0.6) is 0 Å². The minimum Gasteiger partial charge on any atom is -0.468 e. The molecule has 0 aromatic heterocycles. The average molecular weight is 419 g/mol. The number of rotatable bonds is 5. The van der Waals surface area contributed by atoms with Gasteiger partial charge in [0.1, 0.15) is 11.0 Å². The highest BCUT2D eigenvalue weighted by atomic mass is 79.9. The third kappa shape index (κ3) is 3.09. The molecule has 5 heteroatoms. The van der Waals surface area contributed by atoms with E-state index in [1.165, 1.54) is 7.11 Å². The molecule has 132 valence electrons. The topological polar surface area (TPSA) is 35.5 Å². The average Bonchev–Trinajstić information content (AvgIpc) is 3.24. The van der Waals surface area contributed by atoms with E-state index >= 15 is 0 Å². The van der Waals surface area contributed by atoms with Crippen LogP contribution in [0.15, 0.2) is 59.1 Å². The predicted octanol–water partition coefficient (Wildman–Crippen LogP) is 5.01. The van der Waals surface area contributed by atoms with Gasteiger partial charge in [0.25, 0.3) is 0 Å². The SMILES string of the molecule is COC(=O)[C@]1(c2ccc(Br)cc2)C[C@@]1(O[Si](C)(C)C)c1ccccc1. The summed E-state index contributed by atoms with van der Waals surface area (Å²) in [4.78, 5) is 13.0. The summed E-state index contributed by atoms with van der Waals surface area (Å²) in [6, 6.07) is 17.9. The molecule has 1 aliphatic carbocycles. The molecule has 3 rings (SSSR count). The first-order valence-corrected chi connectivity index (χ1v) is 12.6. The standard InChI is InChI=1S/C20H23BrO3Si/c1-23-18(22)19(15-10-12-17(21)13-11-15)14-20(19,24-25(2,3)4)16-8-6-5-7-9-16/h5-13H,14H2,1-4H3/t19-,20-/m1/s1. The second kappa shape index (κ2) is 6.38. The van der Waals surface area contributed by atoms with Crippen molar-refractivity contribution in [2.45, 2.75) is 37.1 Å². The van der Waals surface area contributed by atoms with Crippen LogP contribution in [0.2, 0.25) is 19.6 Å². The molecule has 2 aromatic rings. The number of carbonyl (C=O) groups is 1. The Hall–Kier alpha value is -1.43. The molecule has 2 atom stereocenters. The Bertz CT molecular complexity index is 770. The fourth-order valence-corrected chi connectivity index (χ4v) is 5.36. The number of carbonyl (C=O) groups excluding carboxylic acids is 1. The molecule has 3 nitrogen and oxygen atoms in total. The van der Waals surface area contributed by atoms with Gasteiger partial charge in [0.05, 0.1) is 7.11 Å². The van der Waals surface area contributed by atoms with E-state index in [1.54, 1.807) is 0 Å². The molecule has 2 aromatic carbocycles. The number of halogens is 1. The maximum Gasteiger partial charge on any atom is 0.319 e. The molecule has 0 spiro atoms. The number of hydrogen-bond acceptors (Lipinski definition) is 3. The molecular formula is C20H23BrO3Si. The van der Waals surface area contributed by atoms with E-state index in [1.807, 2.05) is 54.6 Å². The lowest BCUT2D eigenvalue weighted by molar-refractivity contribution is -0.145. The van der Waals surface area contributed by atoms with Gasteiger partial charge in [-0.2, -0.15) is 0 Å². The van der Waals surface area contributed by atoms with Crippen LogP contribution in [0.25, 0.3) is 0 Å². The Morgan fingerprint density at radius 2 is 1.60 bits per heavy atom. The number of methoxy groups -OCH3 is 1. The maximum absolute atomic E-state index is 13.0. The van der Waals surface area contributed by atoms with Crippen LogP contribution < -0.4 is 0 Å². The van der Waals surface area contributed by atoms with Crippen LogP contribution in [-0.2, 0) is 25.0 Å². The van der Waals surface area contributed by atoms with Crippen molar-refractivity contribution in [1.29, 1.82) is 0 Å². The smallest absolute Gasteiger partial charge is 0.319 e. The maximum atomic E-state index is 13.0. The lowest BCUT2D eigenvalue weighted by atomic mass is 9.88. The molecule has 0 N–H and O–H groups in total. The lowest BCUT2D eigenvalue weighted by Crippen LogP contribution is -2.40. The summed E-state index contributed by atoms with van der Waals surface area (Å²) >= 11 is 3.47. The van der Waals surface area contributed by atoms with Crippen molar-refractivity contribution < 1.29 is 14.0 Å². The van der Waals surface area contributed by atoms with Crippen molar-refractivity contribution in [3.05, 3.63) is 70.2 Å². The number of hydrogen-bond donors (Lipinski definition) is 0. The zero-order valence-electron chi connectivity index (χ0n) is 15.0. The normalized spacial score (nSPS) is 25.5. The van der Waals surface area contributed by atoms with Crippen LogP contribution in [0.3, 0.4) is 0 Å². The van der Waals surface area contributed by atoms with Gasteiger partial charge in [-0.1, -0.05) is 58.4 Å². The molecular weight excluding hydrogens is 396 g/mol. The number of ether oxygens (including phenoxy) is 1. The molecule has 0 heterocycles. The van der Waals surface area contributed by atoms with E-state index in [0.29, 0.717) is 6.42 Å². The van der Waals surface area contributed by atoms with Crippen LogP contribution in [0.1, 0.15) is 17.5 Å². The van der Waals surface area contributed by atoms with Gasteiger partial charge >= 0.3 is 5.97 Å². The fourth-order valence-electron chi connectivity index (χ4n) is 3.69. The monoisotopic (exact) mass is 418 g/mol. The molecule has 1 fully saturated rings. The number of benzene rings is 2. The molecule has 25 heavy (non-hydrogen) atoms. The third-order valence-electron chi connectivity index (χ3n) is 4.67. The van der Waals surface area contributed by atoms with Gasteiger partial charge in [-0.05, 0) is 42.9 Å². The van der Waals surface area contributed by atoms with Crippen molar-refractivity contribution >= 4 is 30.2 Å². The first kappa shape index (κ1) is 18.4. The third-order valence-corrected chi connectivity index (χ3v) is 6.16. The molecule has 0 unspecified atom stereocenters. The highest BCUT2D eigenvalue weighted by molar-refractivity contribution is 9.10. The van der Waals surface area contributed by atoms with Crippen molar-refractivity contribution in [3.8, 4) is 0 Å². The van der Waals surface area contributed by atoms with E-state index in [2.05, 4.69) is 35.6 Å². The minimum atomic E-state index is -1.92. The summed E-state index contributed by atoms with van der Waals surface area (Å²) < 4.78 is 12.9. The van der Waals surface area contributed by atoms with Gasteiger partial charge in [0.15, 0.2) is 8.32 Å². The molecule has 0 bridgehead atoms. The Kier molecular flexibility index (Phi) is 4.68. The summed E-state index contributed by atoms with van der Waals surface area (Å²) in [7, 11) is -0.471. The van der Waals surface area contributed by atoms with E-state index in [9.17, 15) is 4.79 Å². The van der Waals surface area contributed by atoms with E-state index in [0.717, 1.165) is 15.6 Å². The Balaban J connectivity index is 2.18. The highest BCUT2D eigenvalue weighted by Crippen LogP contribution is 2.67. The van der Waals surface area contributed by atoms with Gasteiger partial charge in [0, 0.05) is 10.9 Å². The summed E-state index contributed by atoms with van der Waals surface area (Å²) in [6.07, 6.45) is 0.600. The summed E-state index contributed by atoms with van der Waals surface area (Å²) in [5.41, 5.74) is 0.499. The van der Waals surface area contributed by atoms with Crippen molar-refractivity contribution in [2.24, 2.45) is 0 Å². The quantitative estimate of drug-likeness (QED) is 0.505. The van der Waals surface area contributed by atoms with E-state index < -0.39 is 19.3 Å². The van der Waals surface area contributed by atoms with E-state index in [4.69, 9.17) is 9.16 Å². The van der Waals surface area contributed by atoms with Crippen LogP contribution in [0.4, 0.5) is 0 Å².